The van der Waals surface area contributed by atoms with Gasteiger partial charge in [-0.2, -0.15) is 0 Å². The Kier molecular flexibility index (Phi) is 5.50. The monoisotopic (exact) mass is 340 g/mol. The number of carbonyl (C=O) groups excluding carboxylic acids is 2. The molecular formula is C18H29ClN2O2. The van der Waals surface area contributed by atoms with E-state index in [2.05, 4.69) is 10.6 Å². The molecular weight excluding hydrogens is 312 g/mol. The lowest BCUT2D eigenvalue weighted by Crippen LogP contribution is -2.48. The molecule has 4 bridgehead atoms. The molecule has 2 amide bonds. The quantitative estimate of drug-likeness (QED) is 0.527. The highest BCUT2D eigenvalue weighted by Crippen LogP contribution is 2.61. The Labute approximate surface area is 144 Å². The average molecular weight is 341 g/mol. The maximum Gasteiger partial charge on any atom is 0.220 e. The Morgan fingerprint density at radius 1 is 0.913 bits per heavy atom. The van der Waals surface area contributed by atoms with E-state index in [1.807, 2.05) is 0 Å². The SMILES string of the molecule is O=C(CCCCl)NCCNC(=O)CC12CC3CC(CC(C3)C1)C2. The van der Waals surface area contributed by atoms with E-state index in [9.17, 15) is 9.59 Å². The maximum atomic E-state index is 12.3. The number of nitrogens with one attached hydrogen (secondary N) is 2. The summed E-state index contributed by atoms with van der Waals surface area (Å²) in [4.78, 5) is 23.8. The first kappa shape index (κ1) is 17.1. The molecule has 0 heterocycles. The normalized spacial score (nSPS) is 34.4. The highest BCUT2D eigenvalue weighted by atomic mass is 35.5. The molecule has 4 saturated carbocycles. The number of alkyl halides is 1. The van der Waals surface area contributed by atoms with Gasteiger partial charge in [0.05, 0.1) is 0 Å². The molecule has 0 aromatic rings. The molecule has 0 radical (unpaired) electrons. The van der Waals surface area contributed by atoms with E-state index < -0.39 is 0 Å². The molecule has 0 unspecified atom stereocenters. The van der Waals surface area contributed by atoms with Crippen molar-refractivity contribution < 1.29 is 9.59 Å². The minimum atomic E-state index is 0.0148. The third kappa shape index (κ3) is 4.40. The van der Waals surface area contributed by atoms with Crippen LogP contribution in [0.4, 0.5) is 0 Å². The molecule has 0 aliphatic heterocycles. The lowest BCUT2D eigenvalue weighted by atomic mass is 9.49. The first-order valence-corrected chi connectivity index (χ1v) is 9.71. The Morgan fingerprint density at radius 3 is 1.96 bits per heavy atom. The molecule has 130 valence electrons. The maximum absolute atomic E-state index is 12.3. The van der Waals surface area contributed by atoms with Gasteiger partial charge in [0.2, 0.25) is 11.8 Å². The minimum absolute atomic E-state index is 0.0148. The van der Waals surface area contributed by atoms with Crippen LogP contribution in [-0.2, 0) is 9.59 Å². The minimum Gasteiger partial charge on any atom is -0.354 e. The van der Waals surface area contributed by atoms with Crippen LogP contribution in [0.5, 0.6) is 0 Å². The molecule has 4 fully saturated rings. The van der Waals surface area contributed by atoms with Crippen molar-refractivity contribution in [2.24, 2.45) is 23.2 Å². The number of rotatable bonds is 8. The van der Waals surface area contributed by atoms with Crippen molar-refractivity contribution in [3.8, 4) is 0 Å². The molecule has 2 N–H and O–H groups in total. The second kappa shape index (κ2) is 7.42. The summed E-state index contributed by atoms with van der Waals surface area (Å²) in [6.07, 6.45) is 9.89. The van der Waals surface area contributed by atoms with Gasteiger partial charge in [0, 0.05) is 31.8 Å². The third-order valence-corrected chi connectivity index (χ3v) is 6.27. The van der Waals surface area contributed by atoms with Crippen LogP contribution in [0.25, 0.3) is 0 Å². The van der Waals surface area contributed by atoms with Crippen molar-refractivity contribution in [3.63, 3.8) is 0 Å². The highest BCUT2D eigenvalue weighted by molar-refractivity contribution is 6.17. The topological polar surface area (TPSA) is 58.2 Å². The van der Waals surface area contributed by atoms with Crippen LogP contribution in [0.2, 0.25) is 0 Å². The molecule has 4 rings (SSSR count). The third-order valence-electron chi connectivity index (χ3n) is 6.01. The zero-order valence-electron chi connectivity index (χ0n) is 13.9. The van der Waals surface area contributed by atoms with Crippen molar-refractivity contribution in [1.29, 1.82) is 0 Å². The number of hydrogen-bond acceptors (Lipinski definition) is 2. The van der Waals surface area contributed by atoms with E-state index in [-0.39, 0.29) is 11.8 Å². The molecule has 5 heteroatoms. The summed E-state index contributed by atoms with van der Waals surface area (Å²) in [5.41, 5.74) is 0.294. The molecule has 0 atom stereocenters. The largest absolute Gasteiger partial charge is 0.354 e. The summed E-state index contributed by atoms with van der Waals surface area (Å²) < 4.78 is 0. The van der Waals surface area contributed by atoms with Crippen molar-refractivity contribution in [1.82, 2.24) is 10.6 Å². The standard InChI is InChI=1S/C18H29ClN2O2/c19-3-1-2-16(22)20-4-5-21-17(23)12-18-9-13-6-14(10-18)8-15(7-13)11-18/h13-15H,1-12H2,(H,20,22)(H,21,23). The molecule has 4 aliphatic rings. The van der Waals surface area contributed by atoms with Crippen molar-refractivity contribution in [2.75, 3.05) is 19.0 Å². The van der Waals surface area contributed by atoms with E-state index in [0.29, 0.717) is 43.6 Å². The Hall–Kier alpha value is -0.770. The number of halogens is 1. The summed E-state index contributed by atoms with van der Waals surface area (Å²) in [5, 5.41) is 5.81. The summed E-state index contributed by atoms with van der Waals surface area (Å²) in [6, 6.07) is 0. The van der Waals surface area contributed by atoms with Crippen LogP contribution in [-0.4, -0.2) is 30.8 Å². The van der Waals surface area contributed by atoms with Gasteiger partial charge in [-0.25, -0.2) is 0 Å². The van der Waals surface area contributed by atoms with Crippen molar-refractivity contribution in [2.45, 2.75) is 57.8 Å². The van der Waals surface area contributed by atoms with E-state index in [1.165, 1.54) is 38.5 Å². The number of carbonyl (C=O) groups is 2. The first-order chi connectivity index (χ1) is 11.1. The van der Waals surface area contributed by atoms with Gasteiger partial charge in [0.1, 0.15) is 0 Å². The van der Waals surface area contributed by atoms with Gasteiger partial charge in [0.15, 0.2) is 0 Å². The average Bonchev–Trinajstić information content (AvgIpc) is 2.47. The predicted octanol–water partition coefficient (Wildman–Crippen LogP) is 2.84. The zero-order valence-corrected chi connectivity index (χ0v) is 14.7. The summed E-state index contributed by atoms with van der Waals surface area (Å²) >= 11 is 5.56. The fourth-order valence-electron chi connectivity index (χ4n) is 5.63. The fourth-order valence-corrected chi connectivity index (χ4v) is 5.76. The molecule has 0 aromatic carbocycles. The van der Waals surface area contributed by atoms with E-state index >= 15 is 0 Å². The van der Waals surface area contributed by atoms with Gasteiger partial charge < -0.3 is 10.6 Å². The first-order valence-electron chi connectivity index (χ1n) is 9.18. The van der Waals surface area contributed by atoms with E-state index in [1.54, 1.807) is 0 Å². The highest BCUT2D eigenvalue weighted by Gasteiger charge is 2.51. The Bertz CT molecular complexity index is 417. The van der Waals surface area contributed by atoms with E-state index in [4.69, 9.17) is 11.6 Å². The van der Waals surface area contributed by atoms with Crippen LogP contribution in [0, 0.1) is 23.2 Å². The van der Waals surface area contributed by atoms with Gasteiger partial charge in [-0.3, -0.25) is 9.59 Å². The summed E-state index contributed by atoms with van der Waals surface area (Å²) in [5.74, 6) is 3.35. The van der Waals surface area contributed by atoms with Gasteiger partial charge in [0.25, 0.3) is 0 Å². The van der Waals surface area contributed by atoms with Gasteiger partial charge in [-0.1, -0.05) is 0 Å². The number of hydrogen-bond donors (Lipinski definition) is 2. The zero-order chi connectivity index (χ0) is 16.3. The summed E-state index contributed by atoms with van der Waals surface area (Å²) in [6.45, 7) is 1.03. The lowest BCUT2D eigenvalue weighted by Gasteiger charge is -2.56. The second-order valence-electron chi connectivity index (χ2n) is 8.09. The summed E-state index contributed by atoms with van der Waals surface area (Å²) in [7, 11) is 0. The Balaban J connectivity index is 1.36. The van der Waals surface area contributed by atoms with Crippen LogP contribution in [0.1, 0.15) is 57.8 Å². The molecule has 0 saturated heterocycles. The lowest BCUT2D eigenvalue weighted by molar-refractivity contribution is -0.129. The van der Waals surface area contributed by atoms with Crippen molar-refractivity contribution in [3.05, 3.63) is 0 Å². The van der Waals surface area contributed by atoms with Crippen LogP contribution in [0.3, 0.4) is 0 Å². The van der Waals surface area contributed by atoms with Crippen LogP contribution < -0.4 is 10.6 Å². The van der Waals surface area contributed by atoms with Gasteiger partial charge >= 0.3 is 0 Å². The molecule has 0 aromatic heterocycles. The molecule has 0 spiro atoms. The van der Waals surface area contributed by atoms with Crippen LogP contribution in [0.15, 0.2) is 0 Å². The fraction of sp³-hybridized carbons (Fsp3) is 0.889. The number of amides is 2. The van der Waals surface area contributed by atoms with Crippen LogP contribution >= 0.6 is 11.6 Å². The second-order valence-corrected chi connectivity index (χ2v) is 8.46. The predicted molar refractivity (Wildman–Crippen MR) is 91.2 cm³/mol. The van der Waals surface area contributed by atoms with E-state index in [0.717, 1.165) is 17.8 Å². The van der Waals surface area contributed by atoms with Gasteiger partial charge in [-0.05, 0) is 68.1 Å². The van der Waals surface area contributed by atoms with Gasteiger partial charge in [-0.15, -0.1) is 11.6 Å². The Morgan fingerprint density at radius 2 is 1.43 bits per heavy atom. The van der Waals surface area contributed by atoms with Crippen molar-refractivity contribution >= 4 is 23.4 Å². The molecule has 4 nitrogen and oxygen atoms in total. The smallest absolute Gasteiger partial charge is 0.220 e. The molecule has 4 aliphatic carbocycles. The molecule has 23 heavy (non-hydrogen) atoms.